The average molecular weight is 353 g/mol. The molecule has 0 unspecified atom stereocenters. The second kappa shape index (κ2) is 6.56. The summed E-state index contributed by atoms with van der Waals surface area (Å²) in [5.41, 5.74) is 4.72. The van der Waals surface area contributed by atoms with Gasteiger partial charge in [0.2, 0.25) is 0 Å². The standard InChI is InChI=1S/C20H24N4S/c1-12-11-15(20(4,5)6)7-8-16(12)23-17-9-10-21-19(24-17)18-13(2)22-14(3)25-18/h7-11H,1-6H3,(H,21,23,24). The van der Waals surface area contributed by atoms with Gasteiger partial charge >= 0.3 is 0 Å². The second-order valence-corrected chi connectivity index (χ2v) is 8.52. The fourth-order valence-corrected chi connectivity index (χ4v) is 3.55. The molecule has 0 aliphatic heterocycles. The van der Waals surface area contributed by atoms with Crippen molar-refractivity contribution in [2.75, 3.05) is 5.32 Å². The van der Waals surface area contributed by atoms with E-state index < -0.39 is 0 Å². The highest BCUT2D eigenvalue weighted by atomic mass is 32.1. The SMILES string of the molecule is Cc1nc(C)c(-c2nccc(Nc3ccc(C(C)(C)C)cc3C)n2)s1. The first kappa shape index (κ1) is 17.5. The molecule has 2 aromatic heterocycles. The molecular weight excluding hydrogens is 328 g/mol. The van der Waals surface area contributed by atoms with E-state index in [1.807, 2.05) is 19.9 Å². The van der Waals surface area contributed by atoms with Gasteiger partial charge < -0.3 is 5.32 Å². The lowest BCUT2D eigenvalue weighted by molar-refractivity contribution is 0.590. The van der Waals surface area contributed by atoms with E-state index in [2.05, 4.69) is 66.2 Å². The average Bonchev–Trinajstić information content (AvgIpc) is 2.87. The van der Waals surface area contributed by atoms with Gasteiger partial charge in [0.05, 0.1) is 15.6 Å². The third-order valence-corrected chi connectivity index (χ3v) is 5.19. The topological polar surface area (TPSA) is 50.7 Å². The highest BCUT2D eigenvalue weighted by molar-refractivity contribution is 7.15. The third-order valence-electron chi connectivity index (χ3n) is 4.12. The molecule has 0 spiro atoms. The molecule has 0 saturated heterocycles. The van der Waals surface area contributed by atoms with Crippen LogP contribution in [0.3, 0.4) is 0 Å². The lowest BCUT2D eigenvalue weighted by atomic mass is 9.86. The smallest absolute Gasteiger partial charge is 0.173 e. The molecule has 3 rings (SSSR count). The number of aromatic nitrogens is 3. The molecule has 0 saturated carbocycles. The number of anilines is 2. The molecule has 2 heterocycles. The van der Waals surface area contributed by atoms with E-state index in [1.165, 1.54) is 11.1 Å². The van der Waals surface area contributed by atoms with Crippen LogP contribution in [0.4, 0.5) is 11.5 Å². The van der Waals surface area contributed by atoms with E-state index in [1.54, 1.807) is 17.5 Å². The maximum Gasteiger partial charge on any atom is 0.173 e. The Bertz CT molecular complexity index is 906. The molecule has 0 aliphatic carbocycles. The number of nitrogens with zero attached hydrogens (tertiary/aromatic N) is 3. The summed E-state index contributed by atoms with van der Waals surface area (Å²) in [4.78, 5) is 14.6. The van der Waals surface area contributed by atoms with Crippen LogP contribution in [0.2, 0.25) is 0 Å². The van der Waals surface area contributed by atoms with Crippen molar-refractivity contribution in [1.82, 2.24) is 15.0 Å². The van der Waals surface area contributed by atoms with Crippen LogP contribution in [0.25, 0.3) is 10.7 Å². The number of thiazole rings is 1. The molecule has 1 aromatic carbocycles. The molecule has 0 bridgehead atoms. The van der Waals surface area contributed by atoms with Crippen molar-refractivity contribution in [2.45, 2.75) is 47.0 Å². The number of nitrogens with one attached hydrogen (secondary N) is 1. The molecular formula is C20H24N4S. The molecule has 5 heteroatoms. The minimum Gasteiger partial charge on any atom is -0.340 e. The van der Waals surface area contributed by atoms with Gasteiger partial charge in [0.15, 0.2) is 5.82 Å². The van der Waals surface area contributed by atoms with Gasteiger partial charge in [-0.3, -0.25) is 0 Å². The van der Waals surface area contributed by atoms with Crippen LogP contribution >= 0.6 is 11.3 Å². The highest BCUT2D eigenvalue weighted by Crippen LogP contribution is 2.30. The molecule has 1 N–H and O–H groups in total. The fourth-order valence-electron chi connectivity index (χ4n) is 2.68. The third kappa shape index (κ3) is 3.87. The van der Waals surface area contributed by atoms with Gasteiger partial charge in [-0.15, -0.1) is 11.3 Å². The zero-order valence-corrected chi connectivity index (χ0v) is 16.5. The summed E-state index contributed by atoms with van der Waals surface area (Å²) in [6.07, 6.45) is 1.79. The Hall–Kier alpha value is -2.27. The van der Waals surface area contributed by atoms with E-state index in [0.29, 0.717) is 0 Å². The van der Waals surface area contributed by atoms with Gasteiger partial charge in [-0.2, -0.15) is 0 Å². The quantitative estimate of drug-likeness (QED) is 0.670. The lowest BCUT2D eigenvalue weighted by Crippen LogP contribution is -2.11. The van der Waals surface area contributed by atoms with Gasteiger partial charge in [-0.05, 0) is 49.4 Å². The van der Waals surface area contributed by atoms with Crippen LogP contribution in [0.1, 0.15) is 42.6 Å². The van der Waals surface area contributed by atoms with Gasteiger partial charge in [0, 0.05) is 11.9 Å². The van der Waals surface area contributed by atoms with Gasteiger partial charge in [-0.1, -0.05) is 32.9 Å². The summed E-state index contributed by atoms with van der Waals surface area (Å²) >= 11 is 1.63. The first-order chi connectivity index (χ1) is 11.7. The molecule has 3 aromatic rings. The predicted molar refractivity (Wildman–Crippen MR) is 106 cm³/mol. The van der Waals surface area contributed by atoms with Crippen molar-refractivity contribution in [2.24, 2.45) is 0 Å². The van der Waals surface area contributed by atoms with E-state index in [4.69, 9.17) is 0 Å². The Morgan fingerprint density at radius 2 is 1.76 bits per heavy atom. The van der Waals surface area contributed by atoms with Crippen LogP contribution < -0.4 is 5.32 Å². The maximum atomic E-state index is 4.67. The first-order valence-electron chi connectivity index (χ1n) is 8.39. The first-order valence-corrected chi connectivity index (χ1v) is 9.21. The largest absolute Gasteiger partial charge is 0.340 e. The zero-order valence-electron chi connectivity index (χ0n) is 15.6. The summed E-state index contributed by atoms with van der Waals surface area (Å²) in [7, 11) is 0. The van der Waals surface area contributed by atoms with Gasteiger partial charge in [0.25, 0.3) is 0 Å². The van der Waals surface area contributed by atoms with Crippen molar-refractivity contribution in [3.63, 3.8) is 0 Å². The number of benzene rings is 1. The molecule has 0 fully saturated rings. The van der Waals surface area contributed by atoms with Crippen LogP contribution in [0.15, 0.2) is 30.5 Å². The fraction of sp³-hybridized carbons (Fsp3) is 0.350. The Balaban J connectivity index is 1.89. The minimum absolute atomic E-state index is 0.146. The minimum atomic E-state index is 0.146. The van der Waals surface area contributed by atoms with Crippen molar-refractivity contribution >= 4 is 22.8 Å². The number of hydrogen-bond acceptors (Lipinski definition) is 5. The normalized spacial score (nSPS) is 11.6. The Morgan fingerprint density at radius 1 is 1.00 bits per heavy atom. The zero-order chi connectivity index (χ0) is 18.2. The number of aryl methyl sites for hydroxylation is 3. The summed E-state index contributed by atoms with van der Waals surface area (Å²) in [5.74, 6) is 1.51. The van der Waals surface area contributed by atoms with Crippen molar-refractivity contribution < 1.29 is 0 Å². The lowest BCUT2D eigenvalue weighted by Gasteiger charge is -2.21. The van der Waals surface area contributed by atoms with E-state index in [-0.39, 0.29) is 5.41 Å². The predicted octanol–water partition coefficient (Wildman–Crippen LogP) is 5.57. The number of hydrogen-bond donors (Lipinski definition) is 1. The van der Waals surface area contributed by atoms with Crippen LogP contribution in [0, 0.1) is 20.8 Å². The molecule has 4 nitrogen and oxygen atoms in total. The van der Waals surface area contributed by atoms with E-state index in [9.17, 15) is 0 Å². The van der Waals surface area contributed by atoms with E-state index >= 15 is 0 Å². The second-order valence-electron chi connectivity index (χ2n) is 7.32. The van der Waals surface area contributed by atoms with Crippen molar-refractivity contribution in [1.29, 1.82) is 0 Å². The summed E-state index contributed by atoms with van der Waals surface area (Å²) in [6, 6.07) is 8.43. The Kier molecular flexibility index (Phi) is 4.60. The number of rotatable bonds is 3. The Morgan fingerprint density at radius 3 is 2.36 bits per heavy atom. The van der Waals surface area contributed by atoms with Crippen molar-refractivity contribution in [3.05, 3.63) is 52.3 Å². The van der Waals surface area contributed by atoms with E-state index in [0.717, 1.165) is 32.9 Å². The molecule has 0 radical (unpaired) electrons. The van der Waals surface area contributed by atoms with Crippen LogP contribution in [-0.2, 0) is 5.41 Å². The van der Waals surface area contributed by atoms with Crippen molar-refractivity contribution in [3.8, 4) is 10.7 Å². The van der Waals surface area contributed by atoms with Crippen LogP contribution in [0.5, 0.6) is 0 Å². The molecule has 25 heavy (non-hydrogen) atoms. The molecule has 0 amide bonds. The molecule has 0 aliphatic rings. The highest BCUT2D eigenvalue weighted by Gasteiger charge is 2.15. The Labute approximate surface area is 153 Å². The monoisotopic (exact) mass is 352 g/mol. The van der Waals surface area contributed by atoms with Gasteiger partial charge in [-0.25, -0.2) is 15.0 Å². The summed E-state index contributed by atoms with van der Waals surface area (Å²) < 4.78 is 0. The van der Waals surface area contributed by atoms with Crippen LogP contribution in [-0.4, -0.2) is 15.0 Å². The van der Waals surface area contributed by atoms with Gasteiger partial charge in [0.1, 0.15) is 5.82 Å². The molecule has 0 atom stereocenters. The summed E-state index contributed by atoms with van der Waals surface area (Å²) in [6.45, 7) is 12.8. The summed E-state index contributed by atoms with van der Waals surface area (Å²) in [5, 5.41) is 4.45. The molecule has 130 valence electrons. The maximum absolute atomic E-state index is 4.67.